The molecule has 1 saturated heterocycles. The number of hydrogen-bond acceptors (Lipinski definition) is 4. The van der Waals surface area contributed by atoms with Crippen molar-refractivity contribution in [2.45, 2.75) is 90.1 Å². The van der Waals surface area contributed by atoms with Crippen LogP contribution >= 0.6 is 0 Å². The topological polar surface area (TPSA) is 55.3 Å². The monoisotopic (exact) mass is 399 g/mol. The summed E-state index contributed by atoms with van der Waals surface area (Å²) in [5.41, 5.74) is 2.22. The molecule has 3 aliphatic rings. The van der Waals surface area contributed by atoms with Crippen molar-refractivity contribution in [1.82, 2.24) is 14.9 Å². The average Bonchev–Trinajstić information content (AvgIpc) is 3.58. The molecule has 1 aliphatic heterocycles. The van der Waals surface area contributed by atoms with Crippen molar-refractivity contribution < 1.29 is 9.53 Å². The predicted molar refractivity (Wildman–Crippen MR) is 114 cm³/mol. The largest absolute Gasteiger partial charge is 0.376 e. The number of nitrogens with zero attached hydrogens (tertiary/aromatic N) is 3. The number of carbonyl (C=O) groups excluding carboxylic acids is 1. The lowest BCUT2D eigenvalue weighted by molar-refractivity contribution is -0.132. The van der Waals surface area contributed by atoms with Gasteiger partial charge in [-0.15, -0.1) is 0 Å². The Labute approximate surface area is 175 Å². The second kappa shape index (κ2) is 10.0. The van der Waals surface area contributed by atoms with Gasteiger partial charge >= 0.3 is 0 Å². The van der Waals surface area contributed by atoms with Crippen LogP contribution in [0.25, 0.3) is 0 Å². The highest BCUT2D eigenvalue weighted by Crippen LogP contribution is 2.32. The minimum Gasteiger partial charge on any atom is -0.376 e. The summed E-state index contributed by atoms with van der Waals surface area (Å²) in [5, 5.41) is 0. The lowest BCUT2D eigenvalue weighted by Crippen LogP contribution is -2.39. The molecule has 1 atom stereocenters. The summed E-state index contributed by atoms with van der Waals surface area (Å²) in [7, 11) is 0. The molecule has 160 valence electrons. The van der Waals surface area contributed by atoms with Gasteiger partial charge in [-0.25, -0.2) is 9.97 Å². The Hall–Kier alpha value is -1.49. The van der Waals surface area contributed by atoms with E-state index in [0.717, 1.165) is 74.3 Å². The maximum Gasteiger partial charge on any atom is 0.222 e. The van der Waals surface area contributed by atoms with Gasteiger partial charge in [0.1, 0.15) is 5.82 Å². The Morgan fingerprint density at radius 2 is 1.93 bits per heavy atom. The molecule has 1 unspecified atom stereocenters. The number of hydrogen-bond donors (Lipinski definition) is 0. The van der Waals surface area contributed by atoms with E-state index in [2.05, 4.69) is 9.88 Å². The van der Waals surface area contributed by atoms with Crippen LogP contribution in [0.1, 0.15) is 93.6 Å². The minimum atomic E-state index is 0.309. The van der Waals surface area contributed by atoms with Crippen LogP contribution in [0.5, 0.6) is 0 Å². The highest BCUT2D eigenvalue weighted by atomic mass is 16.5. The second-order valence-corrected chi connectivity index (χ2v) is 9.51. The van der Waals surface area contributed by atoms with E-state index in [0.29, 0.717) is 18.4 Å². The zero-order valence-electron chi connectivity index (χ0n) is 18.1. The Kier molecular flexibility index (Phi) is 7.17. The van der Waals surface area contributed by atoms with E-state index in [1.54, 1.807) is 0 Å². The van der Waals surface area contributed by atoms with Crippen LogP contribution in [-0.2, 0) is 16.1 Å². The Morgan fingerprint density at radius 1 is 1.10 bits per heavy atom. The van der Waals surface area contributed by atoms with Gasteiger partial charge in [-0.05, 0) is 50.9 Å². The van der Waals surface area contributed by atoms with E-state index in [1.807, 2.05) is 13.1 Å². The molecule has 3 fully saturated rings. The highest BCUT2D eigenvalue weighted by molar-refractivity contribution is 5.76. The van der Waals surface area contributed by atoms with Gasteiger partial charge in [0.15, 0.2) is 0 Å². The van der Waals surface area contributed by atoms with Crippen molar-refractivity contribution in [3.63, 3.8) is 0 Å². The third-order valence-corrected chi connectivity index (χ3v) is 6.98. The van der Waals surface area contributed by atoms with Crippen molar-refractivity contribution in [3.8, 4) is 0 Å². The maximum atomic E-state index is 12.9. The number of ether oxygens (including phenoxy) is 1. The van der Waals surface area contributed by atoms with Gasteiger partial charge in [0.05, 0.1) is 12.3 Å². The van der Waals surface area contributed by atoms with Crippen LogP contribution in [0.4, 0.5) is 0 Å². The van der Waals surface area contributed by atoms with Crippen molar-refractivity contribution in [3.05, 3.63) is 23.3 Å². The first-order valence-electron chi connectivity index (χ1n) is 11.9. The zero-order chi connectivity index (χ0) is 20.1. The summed E-state index contributed by atoms with van der Waals surface area (Å²) >= 11 is 0. The number of amides is 1. The summed E-state index contributed by atoms with van der Waals surface area (Å²) in [6.07, 6.45) is 15.2. The number of carbonyl (C=O) groups is 1. The summed E-state index contributed by atoms with van der Waals surface area (Å²) in [5.74, 6) is 3.00. The first-order valence-corrected chi connectivity index (χ1v) is 11.9. The van der Waals surface area contributed by atoms with E-state index >= 15 is 0 Å². The summed E-state index contributed by atoms with van der Waals surface area (Å²) < 4.78 is 5.93. The molecular formula is C24H37N3O2. The van der Waals surface area contributed by atoms with E-state index in [9.17, 15) is 4.79 Å². The van der Waals surface area contributed by atoms with Gasteiger partial charge in [0.2, 0.25) is 5.91 Å². The van der Waals surface area contributed by atoms with E-state index in [4.69, 9.17) is 9.72 Å². The molecule has 0 radical (unpaired) electrons. The first kappa shape index (κ1) is 20.8. The Morgan fingerprint density at radius 3 is 2.72 bits per heavy atom. The van der Waals surface area contributed by atoms with Crippen LogP contribution < -0.4 is 0 Å². The fourth-order valence-electron chi connectivity index (χ4n) is 4.99. The quantitative estimate of drug-likeness (QED) is 0.631. The molecule has 1 amide bonds. The van der Waals surface area contributed by atoms with Crippen molar-refractivity contribution >= 4 is 5.91 Å². The molecule has 0 spiro atoms. The van der Waals surface area contributed by atoms with E-state index in [-0.39, 0.29) is 0 Å². The predicted octanol–water partition coefficient (Wildman–Crippen LogP) is 4.78. The summed E-state index contributed by atoms with van der Waals surface area (Å²) in [4.78, 5) is 24.2. The van der Waals surface area contributed by atoms with Crippen molar-refractivity contribution in [1.29, 1.82) is 0 Å². The maximum absolute atomic E-state index is 12.9. The van der Waals surface area contributed by atoms with Gasteiger partial charge in [0, 0.05) is 43.8 Å². The van der Waals surface area contributed by atoms with Crippen LogP contribution in [0.2, 0.25) is 0 Å². The lowest BCUT2D eigenvalue weighted by atomic mass is 9.86. The van der Waals surface area contributed by atoms with Gasteiger partial charge in [-0.2, -0.15) is 0 Å². The summed E-state index contributed by atoms with van der Waals surface area (Å²) in [6.45, 7) is 5.10. The minimum absolute atomic E-state index is 0.309. The molecule has 0 bridgehead atoms. The van der Waals surface area contributed by atoms with Crippen molar-refractivity contribution in [2.75, 3.05) is 19.7 Å². The normalized spacial score (nSPS) is 23.3. The van der Waals surface area contributed by atoms with Crippen LogP contribution in [-0.4, -0.2) is 40.5 Å². The molecule has 29 heavy (non-hydrogen) atoms. The molecule has 4 rings (SSSR count). The molecule has 0 N–H and O–H groups in total. The van der Waals surface area contributed by atoms with E-state index < -0.39 is 0 Å². The third-order valence-electron chi connectivity index (χ3n) is 6.98. The smallest absolute Gasteiger partial charge is 0.222 e. The van der Waals surface area contributed by atoms with E-state index in [1.165, 1.54) is 44.9 Å². The number of aryl methyl sites for hydroxylation is 1. The standard InChI is InChI=1S/C24H37N3O2/c1-18-25-14-22(17-29-16-20-9-10-20)24(26-18)21-8-5-13-27(15-21)23(28)12-11-19-6-3-2-4-7-19/h14,19-21H,2-13,15-17H2,1H3. The van der Waals surface area contributed by atoms with Gasteiger partial charge in [0.25, 0.3) is 0 Å². The number of likely N-dealkylation sites (tertiary alicyclic amines) is 1. The molecule has 5 heteroatoms. The number of piperidine rings is 1. The Bertz CT molecular complexity index is 683. The Balaban J connectivity index is 1.34. The van der Waals surface area contributed by atoms with Gasteiger partial charge in [-0.1, -0.05) is 32.1 Å². The molecule has 1 aromatic rings. The molecule has 1 aromatic heterocycles. The summed E-state index contributed by atoms with van der Waals surface area (Å²) in [6, 6.07) is 0. The molecular weight excluding hydrogens is 362 g/mol. The number of aromatic nitrogens is 2. The SMILES string of the molecule is Cc1ncc(COCC2CC2)c(C2CCCN(C(=O)CCC3CCCCC3)C2)n1. The molecule has 2 saturated carbocycles. The van der Waals surface area contributed by atoms with Gasteiger partial charge in [-0.3, -0.25) is 4.79 Å². The van der Waals surface area contributed by atoms with Crippen molar-refractivity contribution in [2.24, 2.45) is 11.8 Å². The average molecular weight is 400 g/mol. The lowest BCUT2D eigenvalue weighted by Gasteiger charge is -2.34. The molecule has 2 heterocycles. The molecule has 0 aromatic carbocycles. The van der Waals surface area contributed by atoms with Gasteiger partial charge < -0.3 is 9.64 Å². The fourth-order valence-corrected chi connectivity index (χ4v) is 4.99. The van der Waals surface area contributed by atoms with Crippen LogP contribution in [0, 0.1) is 18.8 Å². The molecule has 2 aliphatic carbocycles. The van der Waals surface area contributed by atoms with Crippen LogP contribution in [0.15, 0.2) is 6.20 Å². The van der Waals surface area contributed by atoms with Crippen LogP contribution in [0.3, 0.4) is 0 Å². The first-order chi connectivity index (χ1) is 14.2. The third kappa shape index (κ3) is 6.00. The fraction of sp³-hybridized carbons (Fsp3) is 0.792. The zero-order valence-corrected chi connectivity index (χ0v) is 18.1. The molecule has 5 nitrogen and oxygen atoms in total. The number of rotatable bonds is 8. The second-order valence-electron chi connectivity index (χ2n) is 9.51. The highest BCUT2D eigenvalue weighted by Gasteiger charge is 2.28.